The second-order valence-corrected chi connectivity index (χ2v) is 3.82. The highest BCUT2D eigenvalue weighted by molar-refractivity contribution is 5.94. The molecule has 0 bridgehead atoms. The van der Waals surface area contributed by atoms with Crippen molar-refractivity contribution in [2.75, 3.05) is 33.5 Å². The summed E-state index contributed by atoms with van der Waals surface area (Å²) >= 11 is 0. The first kappa shape index (κ1) is 13.8. The third-order valence-electron chi connectivity index (χ3n) is 2.27. The van der Waals surface area contributed by atoms with E-state index >= 15 is 0 Å². The number of nitrogen functional groups attached to an aromatic ring is 1. The van der Waals surface area contributed by atoms with Gasteiger partial charge in [-0.1, -0.05) is 0 Å². The Hall–Kier alpha value is -2.24. The van der Waals surface area contributed by atoms with Crippen molar-refractivity contribution in [1.82, 2.24) is 4.90 Å². The van der Waals surface area contributed by atoms with Gasteiger partial charge in [0.05, 0.1) is 7.11 Å². The van der Waals surface area contributed by atoms with Crippen LogP contribution in [0.25, 0.3) is 0 Å². The van der Waals surface area contributed by atoms with Gasteiger partial charge in [0.1, 0.15) is 11.3 Å². The van der Waals surface area contributed by atoms with Crippen LogP contribution in [0, 0.1) is 0 Å². The lowest BCUT2D eigenvalue weighted by atomic mass is 10.2. The number of esters is 1. The van der Waals surface area contributed by atoms with Gasteiger partial charge in [-0.3, -0.25) is 4.79 Å². The Balaban J connectivity index is 2.78. The van der Waals surface area contributed by atoms with Crippen LogP contribution in [0.5, 0.6) is 5.75 Å². The van der Waals surface area contributed by atoms with Crippen LogP contribution in [-0.4, -0.2) is 44.6 Å². The average Bonchev–Trinajstić information content (AvgIpc) is 2.35. The van der Waals surface area contributed by atoms with Gasteiger partial charge in [-0.05, 0) is 18.2 Å². The molecular weight excluding hydrogens is 236 g/mol. The Morgan fingerprint density at radius 2 is 2.00 bits per heavy atom. The number of carbonyl (C=O) groups is 2. The van der Waals surface area contributed by atoms with Gasteiger partial charge in [-0.25, -0.2) is 4.79 Å². The molecule has 0 saturated heterocycles. The Morgan fingerprint density at radius 1 is 1.33 bits per heavy atom. The number of hydrogen-bond donors (Lipinski definition) is 1. The molecule has 0 spiro atoms. The predicted octanol–water partition coefficient (Wildman–Crippen LogP) is 0.522. The van der Waals surface area contributed by atoms with Gasteiger partial charge in [-0.2, -0.15) is 0 Å². The molecule has 6 heteroatoms. The second-order valence-electron chi connectivity index (χ2n) is 3.82. The van der Waals surface area contributed by atoms with Crippen molar-refractivity contribution in [1.29, 1.82) is 0 Å². The fourth-order valence-corrected chi connectivity index (χ4v) is 1.22. The number of carbonyl (C=O) groups excluding carboxylic acids is 2. The molecule has 0 fully saturated rings. The highest BCUT2D eigenvalue weighted by Crippen LogP contribution is 2.21. The fraction of sp³-hybridized carbons (Fsp3) is 0.333. The van der Waals surface area contributed by atoms with Gasteiger partial charge >= 0.3 is 5.97 Å². The number of anilines is 1. The van der Waals surface area contributed by atoms with Crippen LogP contribution in [0.1, 0.15) is 10.4 Å². The molecule has 18 heavy (non-hydrogen) atoms. The molecule has 0 radical (unpaired) electrons. The summed E-state index contributed by atoms with van der Waals surface area (Å²) in [5.41, 5.74) is 6.20. The molecule has 0 unspecified atom stereocenters. The molecule has 0 aliphatic rings. The minimum Gasteiger partial charge on any atom is -0.496 e. The van der Waals surface area contributed by atoms with E-state index in [4.69, 9.17) is 15.2 Å². The molecule has 0 aliphatic carbocycles. The predicted molar refractivity (Wildman–Crippen MR) is 66.4 cm³/mol. The van der Waals surface area contributed by atoms with E-state index in [1.54, 1.807) is 26.2 Å². The summed E-state index contributed by atoms with van der Waals surface area (Å²) in [7, 11) is 4.60. The smallest absolute Gasteiger partial charge is 0.342 e. The molecule has 1 aromatic rings. The topological polar surface area (TPSA) is 81.9 Å². The number of nitrogens with zero attached hydrogens (tertiary/aromatic N) is 1. The van der Waals surface area contributed by atoms with Crippen LogP contribution in [0.2, 0.25) is 0 Å². The van der Waals surface area contributed by atoms with Crippen LogP contribution < -0.4 is 10.5 Å². The Kier molecular flexibility index (Phi) is 4.53. The minimum atomic E-state index is -0.644. The van der Waals surface area contributed by atoms with Crippen molar-refractivity contribution in [3.63, 3.8) is 0 Å². The molecule has 0 saturated carbocycles. The van der Waals surface area contributed by atoms with Gasteiger partial charge in [0.15, 0.2) is 6.61 Å². The molecular formula is C12H16N2O4. The lowest BCUT2D eigenvalue weighted by molar-refractivity contribution is -0.131. The summed E-state index contributed by atoms with van der Waals surface area (Å²) < 4.78 is 9.91. The van der Waals surface area contributed by atoms with E-state index in [2.05, 4.69) is 0 Å². The van der Waals surface area contributed by atoms with Crippen LogP contribution in [0.3, 0.4) is 0 Å². The third-order valence-corrected chi connectivity index (χ3v) is 2.27. The van der Waals surface area contributed by atoms with Crippen molar-refractivity contribution in [2.24, 2.45) is 0 Å². The van der Waals surface area contributed by atoms with Crippen LogP contribution >= 0.6 is 0 Å². The normalized spacial score (nSPS) is 9.72. The number of benzene rings is 1. The van der Waals surface area contributed by atoms with Gasteiger partial charge in [-0.15, -0.1) is 0 Å². The van der Waals surface area contributed by atoms with Crippen molar-refractivity contribution in [3.8, 4) is 5.75 Å². The number of hydrogen-bond acceptors (Lipinski definition) is 5. The maximum absolute atomic E-state index is 11.8. The number of methoxy groups -OCH3 is 1. The monoisotopic (exact) mass is 252 g/mol. The molecule has 98 valence electrons. The molecule has 6 nitrogen and oxygen atoms in total. The van der Waals surface area contributed by atoms with Gasteiger partial charge in [0, 0.05) is 19.8 Å². The molecule has 0 aromatic heterocycles. The highest BCUT2D eigenvalue weighted by atomic mass is 16.5. The lowest BCUT2D eigenvalue weighted by Gasteiger charge is -2.12. The summed E-state index contributed by atoms with van der Waals surface area (Å²) in [6.07, 6.45) is 0. The number of amides is 1. The van der Waals surface area contributed by atoms with E-state index in [0.717, 1.165) is 0 Å². The van der Waals surface area contributed by atoms with E-state index < -0.39 is 5.97 Å². The molecule has 2 N–H and O–H groups in total. The zero-order chi connectivity index (χ0) is 13.7. The molecule has 0 heterocycles. The Labute approximate surface area is 105 Å². The molecule has 1 rings (SSSR count). The molecule has 0 atom stereocenters. The van der Waals surface area contributed by atoms with Gasteiger partial charge < -0.3 is 20.1 Å². The molecule has 0 aliphatic heterocycles. The first-order chi connectivity index (χ1) is 8.45. The Bertz CT molecular complexity index is 457. The zero-order valence-electron chi connectivity index (χ0n) is 10.6. The van der Waals surface area contributed by atoms with Gasteiger partial charge in [0.25, 0.3) is 5.91 Å². The number of rotatable bonds is 4. The SMILES string of the molecule is COc1ccc(N)cc1C(=O)OCC(=O)N(C)C. The standard InChI is InChI=1S/C12H16N2O4/c1-14(2)11(15)7-18-12(16)9-6-8(13)4-5-10(9)17-3/h4-6H,7,13H2,1-3H3. The van der Waals surface area contributed by atoms with Crippen molar-refractivity contribution in [3.05, 3.63) is 23.8 Å². The first-order valence-corrected chi connectivity index (χ1v) is 5.26. The minimum absolute atomic E-state index is 0.198. The van der Waals surface area contributed by atoms with Crippen molar-refractivity contribution in [2.45, 2.75) is 0 Å². The summed E-state index contributed by atoms with van der Waals surface area (Å²) in [5.74, 6) is -0.591. The fourth-order valence-electron chi connectivity index (χ4n) is 1.22. The summed E-state index contributed by atoms with van der Waals surface area (Å²) in [5, 5.41) is 0. The maximum atomic E-state index is 11.8. The summed E-state index contributed by atoms with van der Waals surface area (Å²) in [6, 6.07) is 4.63. The van der Waals surface area contributed by atoms with E-state index in [0.29, 0.717) is 11.4 Å². The largest absolute Gasteiger partial charge is 0.496 e. The highest BCUT2D eigenvalue weighted by Gasteiger charge is 2.16. The van der Waals surface area contributed by atoms with Crippen molar-refractivity contribution >= 4 is 17.6 Å². The summed E-state index contributed by atoms with van der Waals surface area (Å²) in [6.45, 7) is -0.316. The number of nitrogens with two attached hydrogens (primary N) is 1. The van der Waals surface area contributed by atoms with Crippen LogP contribution in [0.4, 0.5) is 5.69 Å². The van der Waals surface area contributed by atoms with E-state index in [1.807, 2.05) is 0 Å². The maximum Gasteiger partial charge on any atom is 0.342 e. The first-order valence-electron chi connectivity index (χ1n) is 5.26. The molecule has 1 aromatic carbocycles. The number of ether oxygens (including phenoxy) is 2. The lowest BCUT2D eigenvalue weighted by Crippen LogP contribution is -2.27. The van der Waals surface area contributed by atoms with Crippen molar-refractivity contribution < 1.29 is 19.1 Å². The van der Waals surface area contributed by atoms with E-state index in [1.165, 1.54) is 18.1 Å². The average molecular weight is 252 g/mol. The third kappa shape index (κ3) is 3.38. The van der Waals surface area contributed by atoms with E-state index in [-0.39, 0.29) is 18.1 Å². The quantitative estimate of drug-likeness (QED) is 0.624. The zero-order valence-corrected chi connectivity index (χ0v) is 10.6. The van der Waals surface area contributed by atoms with E-state index in [9.17, 15) is 9.59 Å². The second kappa shape index (κ2) is 5.90. The summed E-state index contributed by atoms with van der Waals surface area (Å²) in [4.78, 5) is 24.4. The Morgan fingerprint density at radius 3 is 2.56 bits per heavy atom. The van der Waals surface area contributed by atoms with Crippen LogP contribution in [0.15, 0.2) is 18.2 Å². The molecule has 1 amide bonds. The number of likely N-dealkylation sites (N-methyl/N-ethyl adjacent to an activating group) is 1. The van der Waals surface area contributed by atoms with Gasteiger partial charge in [0.2, 0.25) is 0 Å². The van der Waals surface area contributed by atoms with Crippen LogP contribution in [-0.2, 0) is 9.53 Å².